The minimum absolute atomic E-state index is 0.723. The zero-order chi connectivity index (χ0) is 6.97. The molecule has 1 aromatic carbocycles. The molecule has 0 radical (unpaired) electrons. The van der Waals surface area contributed by atoms with Gasteiger partial charge in [-0.25, -0.2) is 4.99 Å². The van der Waals surface area contributed by atoms with E-state index in [0.29, 0.717) is 0 Å². The summed E-state index contributed by atoms with van der Waals surface area (Å²) in [6.45, 7) is 3.69. The van der Waals surface area contributed by atoms with Crippen molar-refractivity contribution in [2.45, 2.75) is 0 Å². The molecule has 2 rings (SSSR count). The van der Waals surface area contributed by atoms with E-state index in [0.717, 1.165) is 16.5 Å². The van der Waals surface area contributed by atoms with Crippen molar-refractivity contribution in [2.75, 3.05) is 0 Å². The van der Waals surface area contributed by atoms with Gasteiger partial charge in [0.1, 0.15) is 0 Å². The minimum Gasteiger partial charge on any atom is -0.234 e. The number of nitrogens with one attached hydrogen (secondary N) is 1. The number of fused-ring (bicyclic) bond motifs is 1. The summed E-state index contributed by atoms with van der Waals surface area (Å²) in [7, 11) is 0. The van der Waals surface area contributed by atoms with Crippen molar-refractivity contribution in [1.82, 2.24) is 0 Å². The molecule has 0 saturated carbocycles. The van der Waals surface area contributed by atoms with Crippen LogP contribution in [0.15, 0.2) is 41.7 Å². The molecular weight excluding hydrogens is 124 g/mol. The van der Waals surface area contributed by atoms with Crippen molar-refractivity contribution in [3.05, 3.63) is 47.4 Å². The Morgan fingerprint density at radius 1 is 1.30 bits per heavy atom. The molecule has 10 heavy (non-hydrogen) atoms. The molecule has 0 atom stereocenters. The quantitative estimate of drug-likeness (QED) is 0.443. The molecule has 0 amide bonds. The maximum atomic E-state index is 4.15. The van der Waals surface area contributed by atoms with Crippen molar-refractivity contribution < 1.29 is 4.99 Å². The second kappa shape index (κ2) is 1.77. The van der Waals surface area contributed by atoms with Crippen LogP contribution in [0.2, 0.25) is 0 Å². The highest BCUT2D eigenvalue weighted by atomic mass is 15.0. The fraction of sp³-hybridized carbons (Fsp3) is 0. The minimum atomic E-state index is 0.723. The van der Waals surface area contributed by atoms with E-state index in [1.54, 1.807) is 0 Å². The summed E-state index contributed by atoms with van der Waals surface area (Å²) >= 11 is 0. The van der Waals surface area contributed by atoms with Gasteiger partial charge < -0.3 is 0 Å². The van der Waals surface area contributed by atoms with E-state index in [4.69, 9.17) is 0 Å². The lowest BCUT2D eigenvalue weighted by atomic mass is 10.3. The molecule has 0 fully saturated rings. The monoisotopic (exact) mass is 131 g/mol. The van der Waals surface area contributed by atoms with E-state index >= 15 is 0 Å². The topological polar surface area (TPSA) is 26.3 Å². The zero-order valence-electron chi connectivity index (χ0n) is 5.46. The SMILES string of the molecule is C=C1N=c2ccccc2=[NH+]1. The maximum Gasteiger partial charge on any atom is 0.315 e. The van der Waals surface area contributed by atoms with Gasteiger partial charge in [-0.1, -0.05) is 12.1 Å². The zero-order valence-corrected chi connectivity index (χ0v) is 5.46. The van der Waals surface area contributed by atoms with Crippen LogP contribution >= 0.6 is 0 Å². The number of para-hydroxylation sites is 2. The van der Waals surface area contributed by atoms with Crippen LogP contribution in [0.4, 0.5) is 0 Å². The van der Waals surface area contributed by atoms with Gasteiger partial charge in [-0.3, -0.25) is 0 Å². The van der Waals surface area contributed by atoms with Crippen molar-refractivity contribution in [2.24, 2.45) is 4.99 Å². The molecule has 1 heterocycles. The molecule has 0 aliphatic carbocycles. The van der Waals surface area contributed by atoms with Crippen LogP contribution in [0.25, 0.3) is 0 Å². The number of benzene rings is 1. The fourth-order valence-electron chi connectivity index (χ4n) is 1.01. The highest BCUT2D eigenvalue weighted by Gasteiger charge is 2.05. The second-order valence-electron chi connectivity index (χ2n) is 2.20. The highest BCUT2D eigenvalue weighted by molar-refractivity contribution is 5.02. The van der Waals surface area contributed by atoms with E-state index in [-0.39, 0.29) is 0 Å². The first-order valence-electron chi connectivity index (χ1n) is 3.13. The molecule has 48 valence electrons. The molecule has 0 bridgehead atoms. The van der Waals surface area contributed by atoms with Crippen molar-refractivity contribution in [3.63, 3.8) is 0 Å². The molecule has 0 unspecified atom stereocenters. The van der Waals surface area contributed by atoms with E-state index in [1.165, 1.54) is 0 Å². The molecule has 1 aliphatic rings. The van der Waals surface area contributed by atoms with E-state index in [2.05, 4.69) is 16.6 Å². The third kappa shape index (κ3) is 0.658. The summed E-state index contributed by atoms with van der Waals surface area (Å²) in [4.78, 5) is 7.18. The number of nitrogens with zero attached hydrogens (tertiary/aromatic N) is 1. The van der Waals surface area contributed by atoms with Crippen LogP contribution in [0, 0.1) is 0 Å². The van der Waals surface area contributed by atoms with E-state index in [9.17, 15) is 0 Å². The molecule has 2 heteroatoms. The Morgan fingerprint density at radius 3 is 2.90 bits per heavy atom. The smallest absolute Gasteiger partial charge is 0.234 e. The first-order chi connectivity index (χ1) is 4.86. The van der Waals surface area contributed by atoms with Gasteiger partial charge in [0.25, 0.3) is 0 Å². The van der Waals surface area contributed by atoms with Gasteiger partial charge >= 0.3 is 5.82 Å². The van der Waals surface area contributed by atoms with Crippen molar-refractivity contribution >= 4 is 0 Å². The molecule has 1 N–H and O–H groups in total. The third-order valence-electron chi connectivity index (χ3n) is 1.44. The Bertz CT molecular complexity index is 353. The first kappa shape index (κ1) is 5.35. The van der Waals surface area contributed by atoms with Gasteiger partial charge in [0.2, 0.25) is 5.36 Å². The van der Waals surface area contributed by atoms with E-state index in [1.807, 2.05) is 24.3 Å². The molecule has 0 saturated heterocycles. The van der Waals surface area contributed by atoms with Gasteiger partial charge in [0.15, 0.2) is 5.36 Å². The Kier molecular flexibility index (Phi) is 0.947. The summed E-state index contributed by atoms with van der Waals surface area (Å²) in [6.07, 6.45) is 0. The van der Waals surface area contributed by atoms with Crippen molar-refractivity contribution in [1.29, 1.82) is 0 Å². The Balaban J connectivity index is 2.96. The molecule has 1 aromatic rings. The standard InChI is InChI=1S/C8H6N2/c1-6-9-7-4-2-3-5-8(7)10-6/h2-5H,1H2/p+1. The predicted molar refractivity (Wildman–Crippen MR) is 36.4 cm³/mol. The average molecular weight is 131 g/mol. The van der Waals surface area contributed by atoms with Gasteiger partial charge in [0, 0.05) is 0 Å². The summed E-state index contributed by atoms with van der Waals surface area (Å²) in [5.74, 6) is 0.723. The van der Waals surface area contributed by atoms with Crippen LogP contribution in [-0.4, -0.2) is 0 Å². The third-order valence-corrected chi connectivity index (χ3v) is 1.44. The fourth-order valence-corrected chi connectivity index (χ4v) is 1.01. The Morgan fingerprint density at radius 2 is 2.10 bits per heavy atom. The summed E-state index contributed by atoms with van der Waals surface area (Å²) < 4.78 is 0. The van der Waals surface area contributed by atoms with E-state index < -0.39 is 0 Å². The van der Waals surface area contributed by atoms with Crippen LogP contribution in [0.1, 0.15) is 0 Å². The predicted octanol–water partition coefficient (Wildman–Crippen LogP) is -1.51. The van der Waals surface area contributed by atoms with Crippen LogP contribution < -0.4 is 15.7 Å². The Labute approximate surface area is 58.3 Å². The lowest BCUT2D eigenvalue weighted by molar-refractivity contribution is -0.438. The van der Waals surface area contributed by atoms with Crippen molar-refractivity contribution in [3.8, 4) is 0 Å². The molecular formula is C8H7N2+. The first-order valence-corrected chi connectivity index (χ1v) is 3.13. The van der Waals surface area contributed by atoms with Gasteiger partial charge in [-0.2, -0.15) is 0 Å². The number of hydrogen-bond acceptors (Lipinski definition) is 1. The lowest BCUT2D eigenvalue weighted by Gasteiger charge is -1.70. The average Bonchev–Trinajstić information content (AvgIpc) is 2.27. The number of hydrogen-bond donors (Lipinski definition) is 1. The maximum absolute atomic E-state index is 4.15. The van der Waals surface area contributed by atoms with Gasteiger partial charge in [-0.15, -0.1) is 0 Å². The number of rotatable bonds is 0. The molecule has 0 spiro atoms. The highest BCUT2D eigenvalue weighted by Crippen LogP contribution is 1.75. The molecule has 1 aliphatic heterocycles. The van der Waals surface area contributed by atoms with Crippen LogP contribution in [0.3, 0.4) is 0 Å². The van der Waals surface area contributed by atoms with Crippen LogP contribution in [0.5, 0.6) is 0 Å². The summed E-state index contributed by atoms with van der Waals surface area (Å²) in [5.41, 5.74) is 0. The normalized spacial score (nSPS) is 13.8. The summed E-state index contributed by atoms with van der Waals surface area (Å²) in [6, 6.07) is 7.88. The second-order valence-corrected chi connectivity index (χ2v) is 2.20. The lowest BCUT2D eigenvalue weighted by Crippen LogP contribution is -2.73. The van der Waals surface area contributed by atoms with Gasteiger partial charge in [-0.05, 0) is 23.7 Å². The van der Waals surface area contributed by atoms with Crippen LogP contribution in [-0.2, 0) is 0 Å². The molecule has 0 aromatic heterocycles. The summed E-state index contributed by atoms with van der Waals surface area (Å²) in [5, 5.41) is 2.03. The van der Waals surface area contributed by atoms with Gasteiger partial charge in [0.05, 0.1) is 0 Å². The molecule has 2 nitrogen and oxygen atoms in total. The largest absolute Gasteiger partial charge is 0.315 e. The Hall–Kier alpha value is -1.44.